The van der Waals surface area contributed by atoms with Crippen LogP contribution in [0.25, 0.3) is 0 Å². The minimum Gasteiger partial charge on any atom is -0.378 e. The molecule has 84 valence electrons. The SMILES string of the molecule is NCCn1nnnc1CC1CCCCO1. The zero-order chi connectivity index (χ0) is 10.5. The van der Waals surface area contributed by atoms with Gasteiger partial charge in [-0.05, 0) is 29.7 Å². The largest absolute Gasteiger partial charge is 0.378 e. The maximum Gasteiger partial charge on any atom is 0.153 e. The van der Waals surface area contributed by atoms with Crippen LogP contribution in [0.3, 0.4) is 0 Å². The zero-order valence-electron chi connectivity index (χ0n) is 8.80. The predicted octanol–water partition coefficient (Wildman–Crippen LogP) is -0.257. The zero-order valence-corrected chi connectivity index (χ0v) is 8.80. The summed E-state index contributed by atoms with van der Waals surface area (Å²) in [6.45, 7) is 2.10. The lowest BCUT2D eigenvalue weighted by Crippen LogP contribution is -2.24. The van der Waals surface area contributed by atoms with E-state index in [2.05, 4.69) is 15.5 Å². The van der Waals surface area contributed by atoms with E-state index in [1.807, 2.05) is 0 Å². The van der Waals surface area contributed by atoms with Gasteiger partial charge in [-0.15, -0.1) is 5.10 Å². The highest BCUT2D eigenvalue weighted by atomic mass is 16.5. The van der Waals surface area contributed by atoms with Gasteiger partial charge < -0.3 is 10.5 Å². The van der Waals surface area contributed by atoms with E-state index in [-0.39, 0.29) is 6.10 Å². The predicted molar refractivity (Wildman–Crippen MR) is 54.2 cm³/mol. The molecule has 0 bridgehead atoms. The first-order valence-corrected chi connectivity index (χ1v) is 5.47. The molecule has 1 saturated heterocycles. The molecule has 1 fully saturated rings. The van der Waals surface area contributed by atoms with Crippen LogP contribution in [0.1, 0.15) is 25.1 Å². The van der Waals surface area contributed by atoms with Gasteiger partial charge in [0, 0.05) is 19.6 Å². The summed E-state index contributed by atoms with van der Waals surface area (Å²) in [5.74, 6) is 0.882. The lowest BCUT2D eigenvalue weighted by atomic mass is 10.1. The van der Waals surface area contributed by atoms with Gasteiger partial charge in [-0.2, -0.15) is 0 Å². The summed E-state index contributed by atoms with van der Waals surface area (Å²) >= 11 is 0. The third-order valence-electron chi connectivity index (χ3n) is 2.63. The van der Waals surface area contributed by atoms with Gasteiger partial charge in [0.1, 0.15) is 0 Å². The van der Waals surface area contributed by atoms with Gasteiger partial charge in [0.15, 0.2) is 5.82 Å². The van der Waals surface area contributed by atoms with E-state index in [4.69, 9.17) is 10.5 Å². The maximum absolute atomic E-state index is 5.64. The minimum atomic E-state index is 0.279. The van der Waals surface area contributed by atoms with Crippen molar-refractivity contribution in [1.29, 1.82) is 0 Å². The molecule has 6 heteroatoms. The molecule has 0 radical (unpaired) electrons. The number of aromatic nitrogens is 4. The Balaban J connectivity index is 1.93. The van der Waals surface area contributed by atoms with Gasteiger partial charge in [-0.3, -0.25) is 0 Å². The molecule has 1 unspecified atom stereocenters. The van der Waals surface area contributed by atoms with Crippen LogP contribution in [-0.4, -0.2) is 39.5 Å². The smallest absolute Gasteiger partial charge is 0.153 e. The molecule has 1 aliphatic heterocycles. The first-order chi connectivity index (χ1) is 7.40. The molecule has 6 nitrogen and oxygen atoms in total. The van der Waals surface area contributed by atoms with E-state index in [0.717, 1.165) is 25.3 Å². The Bertz CT molecular complexity index is 294. The Labute approximate surface area is 88.8 Å². The Morgan fingerprint density at radius 3 is 3.13 bits per heavy atom. The molecule has 0 amide bonds. The third-order valence-corrected chi connectivity index (χ3v) is 2.63. The summed E-state index contributed by atoms with van der Waals surface area (Å²) < 4.78 is 7.41. The third kappa shape index (κ3) is 2.73. The second-order valence-corrected chi connectivity index (χ2v) is 3.80. The first-order valence-electron chi connectivity index (χ1n) is 5.47. The summed E-state index contributed by atoms with van der Waals surface area (Å²) in [5, 5.41) is 11.5. The molecule has 1 aromatic rings. The molecule has 2 N–H and O–H groups in total. The lowest BCUT2D eigenvalue weighted by Gasteiger charge is -2.21. The number of hydrogen-bond acceptors (Lipinski definition) is 5. The summed E-state index contributed by atoms with van der Waals surface area (Å²) in [6, 6.07) is 0. The maximum atomic E-state index is 5.64. The lowest BCUT2D eigenvalue weighted by molar-refractivity contribution is 0.0150. The van der Waals surface area contributed by atoms with Crippen LogP contribution < -0.4 is 5.73 Å². The van der Waals surface area contributed by atoms with E-state index < -0.39 is 0 Å². The van der Waals surface area contributed by atoms with Crippen molar-refractivity contribution < 1.29 is 4.74 Å². The molecule has 15 heavy (non-hydrogen) atoms. The van der Waals surface area contributed by atoms with E-state index in [9.17, 15) is 0 Å². The van der Waals surface area contributed by atoms with Gasteiger partial charge in [0.2, 0.25) is 0 Å². The number of nitrogens with zero attached hydrogens (tertiary/aromatic N) is 4. The summed E-state index contributed by atoms with van der Waals surface area (Å²) in [4.78, 5) is 0. The van der Waals surface area contributed by atoms with Crippen molar-refractivity contribution in [2.45, 2.75) is 38.3 Å². The number of tetrazole rings is 1. The van der Waals surface area contributed by atoms with Crippen molar-refractivity contribution in [3.05, 3.63) is 5.82 Å². The molecule has 0 aromatic carbocycles. The van der Waals surface area contributed by atoms with Crippen LogP contribution >= 0.6 is 0 Å². The molecule has 2 heterocycles. The molecular formula is C9H17N5O. The van der Waals surface area contributed by atoms with E-state index in [1.165, 1.54) is 12.8 Å². The molecule has 1 atom stereocenters. The van der Waals surface area contributed by atoms with Gasteiger partial charge >= 0.3 is 0 Å². The molecular weight excluding hydrogens is 194 g/mol. The van der Waals surface area contributed by atoms with Gasteiger partial charge in [0.25, 0.3) is 0 Å². The minimum absolute atomic E-state index is 0.279. The van der Waals surface area contributed by atoms with Crippen LogP contribution in [0.5, 0.6) is 0 Å². The molecule has 0 saturated carbocycles. The summed E-state index contributed by atoms with van der Waals surface area (Å²) in [5.41, 5.74) is 5.47. The molecule has 0 spiro atoms. The quantitative estimate of drug-likeness (QED) is 0.742. The van der Waals surface area contributed by atoms with Gasteiger partial charge in [0.05, 0.1) is 12.6 Å². The summed E-state index contributed by atoms with van der Waals surface area (Å²) in [7, 11) is 0. The fraction of sp³-hybridized carbons (Fsp3) is 0.889. The molecule has 0 aliphatic carbocycles. The number of ether oxygens (including phenoxy) is 1. The van der Waals surface area contributed by atoms with E-state index in [0.29, 0.717) is 13.1 Å². The fourth-order valence-corrected chi connectivity index (χ4v) is 1.84. The Kier molecular flexibility index (Phi) is 3.63. The van der Waals surface area contributed by atoms with Crippen LogP contribution in [0.2, 0.25) is 0 Å². The second-order valence-electron chi connectivity index (χ2n) is 3.80. The average molecular weight is 211 g/mol. The van der Waals surface area contributed by atoms with Gasteiger partial charge in [-0.1, -0.05) is 0 Å². The second kappa shape index (κ2) is 5.18. The van der Waals surface area contributed by atoms with Crippen molar-refractivity contribution in [2.75, 3.05) is 13.2 Å². The van der Waals surface area contributed by atoms with Crippen molar-refractivity contribution in [3.8, 4) is 0 Å². The molecule has 1 aromatic heterocycles. The highest BCUT2D eigenvalue weighted by molar-refractivity contribution is 4.85. The fourth-order valence-electron chi connectivity index (χ4n) is 1.84. The van der Waals surface area contributed by atoms with E-state index in [1.54, 1.807) is 4.68 Å². The Morgan fingerprint density at radius 1 is 1.47 bits per heavy atom. The number of hydrogen-bond donors (Lipinski definition) is 1. The van der Waals surface area contributed by atoms with Crippen molar-refractivity contribution >= 4 is 0 Å². The van der Waals surface area contributed by atoms with E-state index >= 15 is 0 Å². The molecule has 2 rings (SSSR count). The first kappa shape index (κ1) is 10.5. The van der Waals surface area contributed by atoms with Crippen molar-refractivity contribution in [2.24, 2.45) is 5.73 Å². The van der Waals surface area contributed by atoms with Crippen LogP contribution in [0, 0.1) is 0 Å². The van der Waals surface area contributed by atoms with Crippen LogP contribution in [-0.2, 0) is 17.7 Å². The average Bonchev–Trinajstić information content (AvgIpc) is 2.68. The molecule has 1 aliphatic rings. The Morgan fingerprint density at radius 2 is 2.40 bits per heavy atom. The van der Waals surface area contributed by atoms with Crippen molar-refractivity contribution in [3.63, 3.8) is 0 Å². The topological polar surface area (TPSA) is 78.9 Å². The number of rotatable bonds is 4. The monoisotopic (exact) mass is 211 g/mol. The van der Waals surface area contributed by atoms with Gasteiger partial charge in [-0.25, -0.2) is 4.68 Å². The highest BCUT2D eigenvalue weighted by Crippen LogP contribution is 2.15. The van der Waals surface area contributed by atoms with Crippen LogP contribution in [0.4, 0.5) is 0 Å². The van der Waals surface area contributed by atoms with Crippen molar-refractivity contribution in [1.82, 2.24) is 20.2 Å². The summed E-state index contributed by atoms with van der Waals surface area (Å²) in [6.07, 6.45) is 4.59. The normalized spacial score (nSPS) is 21.8. The van der Waals surface area contributed by atoms with Crippen LogP contribution in [0.15, 0.2) is 0 Å². The standard InChI is InChI=1S/C9H17N5O/c10-4-5-14-9(11-12-13-14)7-8-3-1-2-6-15-8/h8H,1-7,10H2. The Hall–Kier alpha value is -1.01. The number of nitrogens with two attached hydrogens (primary N) is 1. The highest BCUT2D eigenvalue weighted by Gasteiger charge is 2.17.